The summed E-state index contributed by atoms with van der Waals surface area (Å²) in [7, 11) is 0. The maximum Gasteiger partial charge on any atom is 0.229 e. The molecule has 148 valence electrons. The van der Waals surface area contributed by atoms with Gasteiger partial charge in [-0.2, -0.15) is 0 Å². The van der Waals surface area contributed by atoms with Gasteiger partial charge in [0.05, 0.1) is 0 Å². The lowest BCUT2D eigenvalue weighted by Crippen LogP contribution is -2.31. The Hall–Kier alpha value is -2.41. The number of hydrogen-bond donors (Lipinski definition) is 0. The fraction of sp³-hybridized carbons (Fsp3) is 0.429. The van der Waals surface area contributed by atoms with Crippen LogP contribution in [-0.4, -0.2) is 43.8 Å². The van der Waals surface area contributed by atoms with E-state index in [-0.39, 0.29) is 17.2 Å². The first-order chi connectivity index (χ1) is 13.3. The maximum atomic E-state index is 11.7. The molecule has 1 aromatic carbocycles. The molecule has 1 saturated heterocycles. The number of nitrogens with zero attached hydrogens (tertiary/aromatic N) is 4. The molecule has 2 heterocycles. The van der Waals surface area contributed by atoms with Gasteiger partial charge in [0.2, 0.25) is 11.8 Å². The number of benzene rings is 1. The fourth-order valence-corrected chi connectivity index (χ4v) is 3.99. The summed E-state index contributed by atoms with van der Waals surface area (Å²) >= 11 is 1.50. The average molecular weight is 399 g/mol. The second kappa shape index (κ2) is 8.31. The molecule has 0 atom stereocenters. The van der Waals surface area contributed by atoms with Crippen molar-refractivity contribution in [2.45, 2.75) is 50.7 Å². The molecule has 1 fully saturated rings. The predicted octanol–water partition coefficient (Wildman–Crippen LogP) is 3.67. The quantitative estimate of drug-likeness (QED) is 0.404. The lowest BCUT2D eigenvalue weighted by Gasteiger charge is -2.19. The Bertz CT molecular complexity index is 865. The molecule has 1 aliphatic heterocycles. The minimum Gasteiger partial charge on any atom is -0.298 e. The number of hydrogen-bond acceptors (Lipinski definition) is 5. The first-order valence-electron chi connectivity index (χ1n) is 9.42. The van der Waals surface area contributed by atoms with Crippen molar-refractivity contribution in [3.05, 3.63) is 42.5 Å². The van der Waals surface area contributed by atoms with Crippen molar-refractivity contribution in [1.82, 2.24) is 19.7 Å². The largest absolute Gasteiger partial charge is 0.298 e. The third-order valence-electron chi connectivity index (χ3n) is 4.74. The summed E-state index contributed by atoms with van der Waals surface area (Å²) in [5, 5.41) is 9.46. The molecule has 2 amide bonds. The van der Waals surface area contributed by atoms with Gasteiger partial charge in [-0.3, -0.25) is 19.1 Å². The molecule has 2 aromatic rings. The van der Waals surface area contributed by atoms with Crippen LogP contribution < -0.4 is 0 Å². The van der Waals surface area contributed by atoms with Crippen LogP contribution in [0.3, 0.4) is 0 Å². The van der Waals surface area contributed by atoms with Gasteiger partial charge in [-0.05, 0) is 11.0 Å². The molecule has 6 nitrogen and oxygen atoms in total. The Morgan fingerprint density at radius 1 is 1.11 bits per heavy atom. The highest BCUT2D eigenvalue weighted by Crippen LogP contribution is 2.28. The molecule has 0 aliphatic carbocycles. The topological polar surface area (TPSA) is 68.1 Å². The van der Waals surface area contributed by atoms with Crippen LogP contribution >= 0.6 is 11.8 Å². The van der Waals surface area contributed by atoms with Crippen LogP contribution in [0.5, 0.6) is 0 Å². The number of amides is 2. The molecule has 0 unspecified atom stereocenters. The standard InChI is InChI=1S/C21H26N4O2S/c1-5-12-25-19(15-6-8-16(9-7-15)21(2,3)4)22-23-20(25)28-14-13-24-17(26)10-11-18(24)27/h5-9H,1,10-14H2,2-4H3. The van der Waals surface area contributed by atoms with Gasteiger partial charge in [-0.1, -0.05) is 62.9 Å². The van der Waals surface area contributed by atoms with Crippen molar-refractivity contribution in [2.75, 3.05) is 12.3 Å². The van der Waals surface area contributed by atoms with Gasteiger partial charge in [-0.15, -0.1) is 16.8 Å². The number of imide groups is 1. The Morgan fingerprint density at radius 2 is 1.75 bits per heavy atom. The van der Waals surface area contributed by atoms with E-state index in [0.717, 1.165) is 16.5 Å². The highest BCUT2D eigenvalue weighted by Gasteiger charge is 2.28. The van der Waals surface area contributed by atoms with Gasteiger partial charge >= 0.3 is 0 Å². The average Bonchev–Trinajstić information content (AvgIpc) is 3.19. The van der Waals surface area contributed by atoms with E-state index in [4.69, 9.17) is 0 Å². The second-order valence-corrected chi connectivity index (χ2v) is 8.88. The summed E-state index contributed by atoms with van der Waals surface area (Å²) in [6.45, 7) is 11.4. The van der Waals surface area contributed by atoms with Crippen LogP contribution in [0.1, 0.15) is 39.2 Å². The zero-order valence-corrected chi connectivity index (χ0v) is 17.5. The minimum atomic E-state index is -0.0854. The highest BCUT2D eigenvalue weighted by molar-refractivity contribution is 7.99. The summed E-state index contributed by atoms with van der Waals surface area (Å²) in [5.74, 6) is 1.21. The van der Waals surface area contributed by atoms with Crippen LogP contribution in [0.2, 0.25) is 0 Å². The summed E-state index contributed by atoms with van der Waals surface area (Å²) in [6, 6.07) is 8.39. The molecule has 0 radical (unpaired) electrons. The SMILES string of the molecule is C=CCn1c(SCCN2C(=O)CCC2=O)nnc1-c1ccc(C(C)(C)C)cc1. The zero-order valence-electron chi connectivity index (χ0n) is 16.6. The summed E-state index contributed by atoms with van der Waals surface area (Å²) in [4.78, 5) is 24.8. The number of carbonyl (C=O) groups is 2. The van der Waals surface area contributed by atoms with E-state index in [1.807, 2.05) is 10.6 Å². The molecule has 1 aromatic heterocycles. The van der Waals surface area contributed by atoms with Crippen molar-refractivity contribution < 1.29 is 9.59 Å². The lowest BCUT2D eigenvalue weighted by molar-refractivity contribution is -0.137. The third kappa shape index (κ3) is 4.35. The van der Waals surface area contributed by atoms with E-state index < -0.39 is 0 Å². The van der Waals surface area contributed by atoms with Crippen molar-refractivity contribution in [1.29, 1.82) is 0 Å². The van der Waals surface area contributed by atoms with Crippen LogP contribution in [0.4, 0.5) is 0 Å². The molecular weight excluding hydrogens is 372 g/mol. The Labute approximate surface area is 170 Å². The first-order valence-corrected chi connectivity index (χ1v) is 10.4. The van der Waals surface area contributed by atoms with Gasteiger partial charge < -0.3 is 0 Å². The summed E-state index contributed by atoms with van der Waals surface area (Å²) in [6.07, 6.45) is 2.46. The van der Waals surface area contributed by atoms with Crippen LogP contribution in [0, 0.1) is 0 Å². The number of rotatable bonds is 7. The van der Waals surface area contributed by atoms with Crippen LogP contribution in [0.25, 0.3) is 11.4 Å². The summed E-state index contributed by atoms with van der Waals surface area (Å²) < 4.78 is 2.01. The molecule has 3 rings (SSSR count). The van der Waals surface area contributed by atoms with Gasteiger partial charge in [0.25, 0.3) is 0 Å². The third-order valence-corrected chi connectivity index (χ3v) is 5.69. The van der Waals surface area contributed by atoms with E-state index in [0.29, 0.717) is 31.7 Å². The van der Waals surface area contributed by atoms with Crippen molar-refractivity contribution in [2.24, 2.45) is 0 Å². The minimum absolute atomic E-state index is 0.0854. The number of likely N-dealkylation sites (tertiary alicyclic amines) is 1. The van der Waals surface area contributed by atoms with Crippen molar-refractivity contribution >= 4 is 23.6 Å². The zero-order chi connectivity index (χ0) is 20.3. The van der Waals surface area contributed by atoms with E-state index in [1.54, 1.807) is 0 Å². The number of allylic oxidation sites excluding steroid dienone is 1. The highest BCUT2D eigenvalue weighted by atomic mass is 32.2. The Balaban J connectivity index is 1.75. The predicted molar refractivity (Wildman–Crippen MR) is 111 cm³/mol. The van der Waals surface area contributed by atoms with Crippen LogP contribution in [-0.2, 0) is 21.5 Å². The van der Waals surface area contributed by atoms with Gasteiger partial charge in [0.1, 0.15) is 0 Å². The molecule has 0 spiro atoms. The van der Waals surface area contributed by atoms with Crippen molar-refractivity contribution in [3.63, 3.8) is 0 Å². The molecule has 1 aliphatic rings. The van der Waals surface area contributed by atoms with E-state index >= 15 is 0 Å². The molecular formula is C21H26N4O2S. The maximum absolute atomic E-state index is 11.7. The second-order valence-electron chi connectivity index (χ2n) is 7.82. The molecule has 7 heteroatoms. The van der Waals surface area contributed by atoms with Crippen LogP contribution in [0.15, 0.2) is 42.1 Å². The number of aromatic nitrogens is 3. The van der Waals surface area contributed by atoms with Gasteiger partial charge in [0, 0.05) is 37.2 Å². The first kappa shape index (κ1) is 20.3. The van der Waals surface area contributed by atoms with Crippen molar-refractivity contribution in [3.8, 4) is 11.4 Å². The van der Waals surface area contributed by atoms with E-state index in [9.17, 15) is 9.59 Å². The lowest BCUT2D eigenvalue weighted by atomic mass is 9.87. The van der Waals surface area contributed by atoms with Gasteiger partial charge in [-0.25, -0.2) is 0 Å². The molecule has 0 bridgehead atoms. The number of thioether (sulfide) groups is 1. The Kier molecular flexibility index (Phi) is 6.03. The summed E-state index contributed by atoms with van der Waals surface area (Å²) in [5.41, 5.74) is 2.36. The molecule has 0 saturated carbocycles. The van der Waals surface area contributed by atoms with Gasteiger partial charge in [0.15, 0.2) is 11.0 Å². The Morgan fingerprint density at radius 3 is 2.32 bits per heavy atom. The monoisotopic (exact) mass is 398 g/mol. The number of carbonyl (C=O) groups excluding carboxylic acids is 2. The fourth-order valence-electron chi connectivity index (χ4n) is 3.12. The van der Waals surface area contributed by atoms with E-state index in [2.05, 4.69) is 61.8 Å². The molecule has 28 heavy (non-hydrogen) atoms. The normalized spacial score (nSPS) is 14.8. The van der Waals surface area contributed by atoms with E-state index in [1.165, 1.54) is 22.2 Å². The smallest absolute Gasteiger partial charge is 0.229 e. The molecule has 0 N–H and O–H groups in total.